The SMILES string of the molecule is CC(C)C(CN)C(=O)N(Cc1ccccc1)C1CC1. The molecule has 1 aliphatic rings. The molecule has 104 valence electrons. The summed E-state index contributed by atoms with van der Waals surface area (Å²) < 4.78 is 0. The van der Waals surface area contributed by atoms with E-state index in [1.54, 1.807) is 0 Å². The van der Waals surface area contributed by atoms with Crippen molar-refractivity contribution in [2.75, 3.05) is 6.54 Å². The summed E-state index contributed by atoms with van der Waals surface area (Å²) in [6.07, 6.45) is 2.27. The van der Waals surface area contributed by atoms with E-state index in [2.05, 4.69) is 26.0 Å². The number of carbonyl (C=O) groups excluding carboxylic acids is 1. The zero-order valence-electron chi connectivity index (χ0n) is 11.9. The number of nitrogens with two attached hydrogens (primary N) is 1. The number of hydrogen-bond donors (Lipinski definition) is 1. The first-order valence-corrected chi connectivity index (χ1v) is 7.18. The lowest BCUT2D eigenvalue weighted by Crippen LogP contribution is -2.42. The summed E-state index contributed by atoms with van der Waals surface area (Å²) in [5.74, 6) is 0.475. The van der Waals surface area contributed by atoms with Crippen LogP contribution in [0.1, 0.15) is 32.3 Å². The van der Waals surface area contributed by atoms with Crippen LogP contribution in [0.3, 0.4) is 0 Å². The van der Waals surface area contributed by atoms with Gasteiger partial charge >= 0.3 is 0 Å². The highest BCUT2D eigenvalue weighted by molar-refractivity contribution is 5.80. The average Bonchev–Trinajstić information content (AvgIpc) is 3.21. The molecule has 1 fully saturated rings. The predicted molar refractivity (Wildman–Crippen MR) is 77.4 cm³/mol. The Morgan fingerprint density at radius 3 is 2.42 bits per heavy atom. The smallest absolute Gasteiger partial charge is 0.227 e. The number of carbonyl (C=O) groups is 1. The van der Waals surface area contributed by atoms with Crippen molar-refractivity contribution in [3.05, 3.63) is 35.9 Å². The number of rotatable bonds is 6. The number of amides is 1. The Morgan fingerprint density at radius 1 is 1.32 bits per heavy atom. The summed E-state index contributed by atoms with van der Waals surface area (Å²) in [6.45, 7) is 5.30. The third-order valence-electron chi connectivity index (χ3n) is 3.84. The van der Waals surface area contributed by atoms with Gasteiger partial charge in [0.25, 0.3) is 0 Å². The molecule has 2 rings (SSSR count). The lowest BCUT2D eigenvalue weighted by atomic mass is 9.94. The minimum Gasteiger partial charge on any atom is -0.335 e. The van der Waals surface area contributed by atoms with Gasteiger partial charge in [-0.2, -0.15) is 0 Å². The molecule has 1 aliphatic carbocycles. The molecule has 0 aromatic heterocycles. The molecule has 3 heteroatoms. The molecule has 2 N–H and O–H groups in total. The second-order valence-electron chi connectivity index (χ2n) is 5.77. The van der Waals surface area contributed by atoms with Crippen LogP contribution in [0.4, 0.5) is 0 Å². The van der Waals surface area contributed by atoms with Crippen molar-refractivity contribution in [3.63, 3.8) is 0 Å². The zero-order chi connectivity index (χ0) is 13.8. The Morgan fingerprint density at radius 2 is 1.95 bits per heavy atom. The van der Waals surface area contributed by atoms with Crippen molar-refractivity contribution in [2.45, 2.75) is 39.3 Å². The molecule has 1 aromatic rings. The van der Waals surface area contributed by atoms with E-state index >= 15 is 0 Å². The summed E-state index contributed by atoms with van der Waals surface area (Å²) in [7, 11) is 0. The maximum absolute atomic E-state index is 12.6. The van der Waals surface area contributed by atoms with Crippen molar-refractivity contribution in [3.8, 4) is 0 Å². The number of benzene rings is 1. The van der Waals surface area contributed by atoms with Gasteiger partial charge in [0.1, 0.15) is 0 Å². The van der Waals surface area contributed by atoms with Crippen molar-refractivity contribution in [1.82, 2.24) is 4.90 Å². The lowest BCUT2D eigenvalue weighted by Gasteiger charge is -2.29. The van der Waals surface area contributed by atoms with Crippen molar-refractivity contribution in [2.24, 2.45) is 17.6 Å². The summed E-state index contributed by atoms with van der Waals surface area (Å²) in [6, 6.07) is 10.6. The third kappa shape index (κ3) is 3.57. The molecule has 0 bridgehead atoms. The van der Waals surface area contributed by atoms with Gasteiger partial charge in [-0.15, -0.1) is 0 Å². The Hall–Kier alpha value is -1.35. The van der Waals surface area contributed by atoms with Crippen LogP contribution in [0.5, 0.6) is 0 Å². The lowest BCUT2D eigenvalue weighted by molar-refractivity contribution is -0.137. The maximum atomic E-state index is 12.6. The molecule has 3 nitrogen and oxygen atoms in total. The molecule has 1 saturated carbocycles. The van der Waals surface area contributed by atoms with E-state index in [0.717, 1.165) is 12.8 Å². The predicted octanol–water partition coefficient (Wildman–Crippen LogP) is 2.41. The molecule has 0 spiro atoms. The van der Waals surface area contributed by atoms with Crippen LogP contribution in [-0.4, -0.2) is 23.4 Å². The van der Waals surface area contributed by atoms with Crippen LogP contribution < -0.4 is 5.73 Å². The molecule has 0 aliphatic heterocycles. The van der Waals surface area contributed by atoms with Gasteiger partial charge < -0.3 is 10.6 Å². The number of nitrogens with zero attached hydrogens (tertiary/aromatic N) is 1. The maximum Gasteiger partial charge on any atom is 0.227 e. The van der Waals surface area contributed by atoms with E-state index in [9.17, 15) is 4.79 Å². The highest BCUT2D eigenvalue weighted by atomic mass is 16.2. The second-order valence-corrected chi connectivity index (χ2v) is 5.77. The fourth-order valence-corrected chi connectivity index (χ4v) is 2.42. The fraction of sp³-hybridized carbons (Fsp3) is 0.562. The van der Waals surface area contributed by atoms with Gasteiger partial charge in [0.2, 0.25) is 5.91 Å². The Kier molecular flexibility index (Phi) is 4.59. The minimum atomic E-state index is -0.0516. The Labute approximate surface area is 115 Å². The Balaban J connectivity index is 2.09. The standard InChI is InChI=1S/C16H24N2O/c1-12(2)15(10-17)16(19)18(14-8-9-14)11-13-6-4-3-5-7-13/h3-7,12,14-15H,8-11,17H2,1-2H3. The van der Waals surface area contributed by atoms with Gasteiger partial charge in [0, 0.05) is 19.1 Å². The van der Waals surface area contributed by atoms with Crippen LogP contribution in [0.25, 0.3) is 0 Å². The van der Waals surface area contributed by atoms with Gasteiger partial charge in [-0.25, -0.2) is 0 Å². The van der Waals surface area contributed by atoms with E-state index in [1.807, 2.05) is 23.1 Å². The monoisotopic (exact) mass is 260 g/mol. The van der Waals surface area contributed by atoms with Crippen molar-refractivity contribution in [1.29, 1.82) is 0 Å². The first-order chi connectivity index (χ1) is 9.13. The molecular formula is C16H24N2O. The van der Waals surface area contributed by atoms with Gasteiger partial charge in [0.15, 0.2) is 0 Å². The minimum absolute atomic E-state index is 0.0516. The molecular weight excluding hydrogens is 236 g/mol. The van der Waals surface area contributed by atoms with Gasteiger partial charge in [-0.05, 0) is 24.3 Å². The molecule has 1 aromatic carbocycles. The molecule has 1 amide bonds. The van der Waals surface area contributed by atoms with Gasteiger partial charge in [-0.3, -0.25) is 4.79 Å². The molecule has 1 atom stereocenters. The molecule has 0 heterocycles. The van der Waals surface area contributed by atoms with E-state index < -0.39 is 0 Å². The molecule has 19 heavy (non-hydrogen) atoms. The normalized spacial score (nSPS) is 16.4. The first kappa shape index (κ1) is 14.1. The van der Waals surface area contributed by atoms with Crippen LogP contribution in [0, 0.1) is 11.8 Å². The largest absolute Gasteiger partial charge is 0.335 e. The van der Waals surface area contributed by atoms with E-state index in [0.29, 0.717) is 25.0 Å². The first-order valence-electron chi connectivity index (χ1n) is 7.18. The average molecular weight is 260 g/mol. The molecule has 0 radical (unpaired) electrons. The Bertz CT molecular complexity index is 412. The van der Waals surface area contributed by atoms with Crippen LogP contribution >= 0.6 is 0 Å². The number of hydrogen-bond acceptors (Lipinski definition) is 2. The highest BCUT2D eigenvalue weighted by Crippen LogP contribution is 2.30. The summed E-state index contributed by atoms with van der Waals surface area (Å²) >= 11 is 0. The summed E-state index contributed by atoms with van der Waals surface area (Å²) in [5.41, 5.74) is 6.98. The van der Waals surface area contributed by atoms with Crippen LogP contribution in [0.2, 0.25) is 0 Å². The van der Waals surface area contributed by atoms with Crippen molar-refractivity contribution >= 4 is 5.91 Å². The highest BCUT2D eigenvalue weighted by Gasteiger charge is 2.36. The van der Waals surface area contributed by atoms with E-state index in [1.165, 1.54) is 5.56 Å². The fourth-order valence-electron chi connectivity index (χ4n) is 2.42. The topological polar surface area (TPSA) is 46.3 Å². The van der Waals surface area contributed by atoms with E-state index in [4.69, 9.17) is 5.73 Å². The summed E-state index contributed by atoms with van der Waals surface area (Å²) in [4.78, 5) is 14.7. The van der Waals surface area contributed by atoms with Crippen LogP contribution in [-0.2, 0) is 11.3 Å². The zero-order valence-corrected chi connectivity index (χ0v) is 11.9. The van der Waals surface area contributed by atoms with Crippen molar-refractivity contribution < 1.29 is 4.79 Å². The second kappa shape index (κ2) is 6.20. The van der Waals surface area contributed by atoms with Crippen LogP contribution in [0.15, 0.2) is 30.3 Å². The third-order valence-corrected chi connectivity index (χ3v) is 3.84. The van der Waals surface area contributed by atoms with Gasteiger partial charge in [-0.1, -0.05) is 44.2 Å². The van der Waals surface area contributed by atoms with Gasteiger partial charge in [0.05, 0.1) is 5.92 Å². The quantitative estimate of drug-likeness (QED) is 0.853. The summed E-state index contributed by atoms with van der Waals surface area (Å²) in [5, 5.41) is 0. The van der Waals surface area contributed by atoms with E-state index in [-0.39, 0.29) is 11.8 Å². The molecule has 0 saturated heterocycles. The molecule has 1 unspecified atom stereocenters.